The molecule has 0 atom stereocenters. The number of hydrogen-bond acceptors (Lipinski definition) is 7. The monoisotopic (exact) mass is 512 g/mol. The second-order valence-electron chi connectivity index (χ2n) is 8.27. The van der Waals surface area contributed by atoms with Gasteiger partial charge in [-0.1, -0.05) is 12.1 Å². The van der Waals surface area contributed by atoms with Crippen LogP contribution in [0.15, 0.2) is 49.2 Å². The summed E-state index contributed by atoms with van der Waals surface area (Å²) < 4.78 is 39.1. The maximum atomic E-state index is 12.5. The van der Waals surface area contributed by atoms with Gasteiger partial charge in [0, 0.05) is 31.2 Å². The molecule has 37 heavy (non-hydrogen) atoms. The quantitative estimate of drug-likeness (QED) is 0.361. The lowest BCUT2D eigenvalue weighted by Crippen LogP contribution is -2.41. The summed E-state index contributed by atoms with van der Waals surface area (Å²) in [5, 5.41) is 6.91. The van der Waals surface area contributed by atoms with Gasteiger partial charge in [0.2, 0.25) is 12.3 Å². The second-order valence-corrected chi connectivity index (χ2v) is 8.27. The summed E-state index contributed by atoms with van der Waals surface area (Å²) in [6, 6.07) is 5.09. The van der Waals surface area contributed by atoms with Crippen molar-refractivity contribution in [3.05, 3.63) is 54.7 Å². The van der Waals surface area contributed by atoms with Crippen LogP contribution in [0.3, 0.4) is 0 Å². The largest absolute Gasteiger partial charge is 0.405 e. The van der Waals surface area contributed by atoms with Crippen LogP contribution in [0.4, 0.5) is 30.4 Å². The summed E-state index contributed by atoms with van der Waals surface area (Å²) in [6.45, 7) is -0.265. The Hall–Kier alpha value is -4.55. The molecule has 0 spiro atoms. The molecule has 0 saturated carbocycles. The van der Waals surface area contributed by atoms with E-state index in [0.717, 1.165) is 26.9 Å². The summed E-state index contributed by atoms with van der Waals surface area (Å²) in [5.74, 6) is -0.500. The molecule has 1 aromatic carbocycles. The average Bonchev–Trinajstić information content (AvgIpc) is 3.26. The topological polar surface area (TPSA) is 109 Å². The molecule has 0 unspecified atom stereocenters. The number of rotatable bonds is 8. The molecular weight excluding hydrogens is 489 g/mol. The number of nitrogens with one attached hydrogen (secondary N) is 1. The Morgan fingerprint density at radius 3 is 2.59 bits per heavy atom. The number of hydrogen-bond donors (Lipinski definition) is 1. The van der Waals surface area contributed by atoms with E-state index >= 15 is 0 Å². The maximum absolute atomic E-state index is 12.5. The number of halogens is 3. The highest BCUT2D eigenvalue weighted by atomic mass is 19.4. The number of amides is 2. The van der Waals surface area contributed by atoms with Crippen LogP contribution in [0.25, 0.3) is 22.2 Å². The van der Waals surface area contributed by atoms with Gasteiger partial charge in [-0.3, -0.25) is 24.2 Å². The molecular formula is C24H23F3N8O2. The molecule has 0 fully saturated rings. The fourth-order valence-electron chi connectivity index (χ4n) is 3.91. The van der Waals surface area contributed by atoms with Crippen LogP contribution in [0.2, 0.25) is 0 Å². The van der Waals surface area contributed by atoms with Gasteiger partial charge in [0.25, 0.3) is 0 Å². The van der Waals surface area contributed by atoms with Gasteiger partial charge >= 0.3 is 6.18 Å². The first-order valence-electron chi connectivity index (χ1n) is 11.1. The highest BCUT2D eigenvalue weighted by Crippen LogP contribution is 2.35. The van der Waals surface area contributed by atoms with Gasteiger partial charge in [-0.15, -0.1) is 0 Å². The van der Waals surface area contributed by atoms with Crippen molar-refractivity contribution in [3.8, 4) is 11.3 Å². The first-order valence-corrected chi connectivity index (χ1v) is 11.1. The van der Waals surface area contributed by atoms with Gasteiger partial charge in [0.15, 0.2) is 5.82 Å². The Morgan fingerprint density at radius 1 is 1.14 bits per heavy atom. The number of anilines is 3. The highest BCUT2D eigenvalue weighted by Gasteiger charge is 2.28. The molecule has 1 N–H and O–H groups in total. The van der Waals surface area contributed by atoms with Gasteiger partial charge in [0.1, 0.15) is 13.1 Å². The number of fused-ring (bicyclic) bond motifs is 1. The number of aromatic nitrogens is 5. The molecule has 0 radical (unpaired) electrons. The first kappa shape index (κ1) is 25.5. The Kier molecular flexibility index (Phi) is 7.05. The standard InChI is InChI=1S/C24H23F3N8O2/c1-15-5-4-6-19(35(14-36)12-22(37)31-13-24(25,26)27)23(15)33(2)21-11-29-18(9-30-21)16-7-28-10-20-17(16)8-32-34(20)3/h4-11,14H,12-13H2,1-3H3,(H,31,37). The van der Waals surface area contributed by atoms with Crippen molar-refractivity contribution in [2.45, 2.75) is 13.1 Å². The molecule has 13 heteroatoms. The van der Waals surface area contributed by atoms with Crippen LogP contribution >= 0.6 is 0 Å². The molecule has 0 saturated heterocycles. The molecule has 2 amide bonds. The van der Waals surface area contributed by atoms with Crippen LogP contribution in [0.1, 0.15) is 5.56 Å². The van der Waals surface area contributed by atoms with E-state index in [2.05, 4.69) is 20.1 Å². The van der Waals surface area contributed by atoms with Crippen molar-refractivity contribution in [2.24, 2.45) is 7.05 Å². The summed E-state index contributed by atoms with van der Waals surface area (Å²) >= 11 is 0. The van der Waals surface area contributed by atoms with E-state index in [1.165, 1.54) is 0 Å². The number of carbonyl (C=O) groups is 2. The molecule has 3 aromatic heterocycles. The Labute approximate surface area is 209 Å². The third-order valence-corrected chi connectivity index (χ3v) is 5.72. The van der Waals surface area contributed by atoms with Crippen molar-refractivity contribution >= 4 is 40.4 Å². The van der Waals surface area contributed by atoms with E-state index in [-0.39, 0.29) is 0 Å². The van der Waals surface area contributed by atoms with Gasteiger partial charge < -0.3 is 15.1 Å². The molecule has 4 rings (SSSR count). The minimum Gasteiger partial charge on any atom is -0.345 e. The molecule has 4 aromatic rings. The van der Waals surface area contributed by atoms with E-state index in [0.29, 0.717) is 29.3 Å². The number of pyridine rings is 1. The number of aryl methyl sites for hydroxylation is 2. The van der Waals surface area contributed by atoms with Crippen LogP contribution in [-0.2, 0) is 16.6 Å². The summed E-state index contributed by atoms with van der Waals surface area (Å²) in [7, 11) is 3.53. The fourth-order valence-corrected chi connectivity index (χ4v) is 3.91. The number of nitrogens with zero attached hydrogens (tertiary/aromatic N) is 7. The second kappa shape index (κ2) is 10.2. The van der Waals surface area contributed by atoms with Crippen molar-refractivity contribution < 1.29 is 22.8 Å². The molecule has 0 aliphatic rings. The summed E-state index contributed by atoms with van der Waals surface area (Å²) in [4.78, 5) is 40.0. The number of carbonyl (C=O) groups excluding carboxylic acids is 2. The fraction of sp³-hybridized carbons (Fsp3) is 0.250. The molecule has 0 aliphatic carbocycles. The first-order chi connectivity index (χ1) is 17.6. The van der Waals surface area contributed by atoms with Crippen molar-refractivity contribution in [1.29, 1.82) is 0 Å². The smallest absolute Gasteiger partial charge is 0.345 e. The van der Waals surface area contributed by atoms with Crippen molar-refractivity contribution in [2.75, 3.05) is 29.9 Å². The SMILES string of the molecule is Cc1cccc(N(C=O)CC(=O)NCC(F)(F)F)c1N(C)c1cnc(-c2cncc3c2cnn3C)cn1. The zero-order valence-electron chi connectivity index (χ0n) is 20.2. The van der Waals surface area contributed by atoms with E-state index in [1.807, 2.05) is 7.05 Å². The Bertz CT molecular complexity index is 1440. The highest BCUT2D eigenvalue weighted by molar-refractivity contribution is 5.94. The summed E-state index contributed by atoms with van der Waals surface area (Å²) in [6.07, 6.45) is 4.12. The lowest BCUT2D eigenvalue weighted by atomic mass is 10.1. The molecule has 0 aliphatic heterocycles. The number of alkyl halides is 3. The third-order valence-electron chi connectivity index (χ3n) is 5.72. The van der Waals surface area contributed by atoms with Gasteiger partial charge in [-0.2, -0.15) is 18.3 Å². The average molecular weight is 512 g/mol. The minimum atomic E-state index is -4.56. The van der Waals surface area contributed by atoms with E-state index in [9.17, 15) is 22.8 Å². The normalized spacial score (nSPS) is 11.4. The Morgan fingerprint density at radius 2 is 1.92 bits per heavy atom. The molecule has 3 heterocycles. The minimum absolute atomic E-state index is 0.329. The third kappa shape index (κ3) is 5.50. The van der Waals surface area contributed by atoms with Crippen LogP contribution < -0.4 is 15.1 Å². The predicted octanol–water partition coefficient (Wildman–Crippen LogP) is 3.14. The van der Waals surface area contributed by atoms with E-state index in [1.54, 1.807) is 78.1 Å². The zero-order valence-corrected chi connectivity index (χ0v) is 20.2. The van der Waals surface area contributed by atoms with E-state index in [4.69, 9.17) is 0 Å². The summed E-state index contributed by atoms with van der Waals surface area (Å²) in [5.41, 5.74) is 3.81. The van der Waals surface area contributed by atoms with Crippen LogP contribution in [-0.4, -0.2) is 63.4 Å². The predicted molar refractivity (Wildman–Crippen MR) is 131 cm³/mol. The van der Waals surface area contributed by atoms with Crippen molar-refractivity contribution in [1.82, 2.24) is 30.0 Å². The van der Waals surface area contributed by atoms with E-state index < -0.39 is 25.2 Å². The zero-order chi connectivity index (χ0) is 26.7. The lowest BCUT2D eigenvalue weighted by molar-refractivity contribution is -0.137. The molecule has 0 bridgehead atoms. The van der Waals surface area contributed by atoms with Crippen LogP contribution in [0.5, 0.6) is 0 Å². The number of benzene rings is 1. The van der Waals surface area contributed by atoms with Gasteiger partial charge in [0.05, 0.1) is 47.4 Å². The van der Waals surface area contributed by atoms with Crippen molar-refractivity contribution in [3.63, 3.8) is 0 Å². The van der Waals surface area contributed by atoms with Gasteiger partial charge in [-0.05, 0) is 18.6 Å². The number of para-hydroxylation sites is 1. The molecule has 10 nitrogen and oxygen atoms in total. The van der Waals surface area contributed by atoms with Crippen LogP contribution in [0, 0.1) is 6.92 Å². The van der Waals surface area contributed by atoms with Gasteiger partial charge in [-0.25, -0.2) is 4.98 Å². The molecule has 192 valence electrons. The maximum Gasteiger partial charge on any atom is 0.405 e. The lowest BCUT2D eigenvalue weighted by Gasteiger charge is -2.27. The Balaban J connectivity index is 1.61.